The van der Waals surface area contributed by atoms with Crippen LogP contribution >= 0.6 is 0 Å². The lowest BCUT2D eigenvalue weighted by molar-refractivity contribution is 0.249. The Bertz CT molecular complexity index is 390. The first-order chi connectivity index (χ1) is 7.75. The highest BCUT2D eigenvalue weighted by atomic mass is 16.2. The molecule has 2 amide bonds. The molecule has 3 N–H and O–H groups in total. The van der Waals surface area contributed by atoms with Crippen LogP contribution in [0.5, 0.6) is 0 Å². The van der Waals surface area contributed by atoms with Gasteiger partial charge in [0, 0.05) is 24.0 Å². The molecule has 1 fully saturated rings. The molecule has 0 unspecified atom stereocenters. The number of nitrogens with two attached hydrogens (primary N) is 1. The van der Waals surface area contributed by atoms with Crippen molar-refractivity contribution in [3.05, 3.63) is 24.0 Å². The predicted octanol–water partition coefficient (Wildman–Crippen LogP) is 1.61. The van der Waals surface area contributed by atoms with Gasteiger partial charge in [-0.2, -0.15) is 5.10 Å². The van der Waals surface area contributed by atoms with Gasteiger partial charge in [-0.15, -0.1) is 0 Å². The number of hydrogen-bond donors (Lipinski definition) is 2. The summed E-state index contributed by atoms with van der Waals surface area (Å²) in [4.78, 5) is 10.4. The van der Waals surface area contributed by atoms with Gasteiger partial charge in [-0.3, -0.25) is 0 Å². The molecule has 0 aliphatic heterocycles. The number of rotatable bonds is 3. The molecular formula is C11H16N4O. The summed E-state index contributed by atoms with van der Waals surface area (Å²) in [6.45, 7) is 0. The van der Waals surface area contributed by atoms with Crippen LogP contribution in [0.3, 0.4) is 0 Å². The number of urea groups is 1. The lowest BCUT2D eigenvalue weighted by atomic mass is 10.2. The largest absolute Gasteiger partial charge is 0.351 e. The first-order valence-electron chi connectivity index (χ1n) is 5.52. The van der Waals surface area contributed by atoms with E-state index in [0.29, 0.717) is 6.04 Å². The smallest absolute Gasteiger partial charge is 0.332 e. The minimum absolute atomic E-state index is 0.631. The second-order valence-electron chi connectivity index (χ2n) is 4.06. The molecule has 0 bridgehead atoms. The third kappa shape index (κ3) is 2.62. The van der Waals surface area contributed by atoms with E-state index in [1.54, 1.807) is 6.21 Å². The molecule has 1 aliphatic carbocycles. The third-order valence-corrected chi connectivity index (χ3v) is 2.87. The molecule has 2 rings (SSSR count). The number of carbonyl (C=O) groups excluding carboxylic acids is 1. The Hall–Kier alpha value is -1.78. The lowest BCUT2D eigenvalue weighted by Gasteiger charge is -2.10. The molecule has 5 heteroatoms. The molecule has 1 aromatic rings. The van der Waals surface area contributed by atoms with E-state index in [2.05, 4.69) is 21.3 Å². The van der Waals surface area contributed by atoms with Crippen molar-refractivity contribution < 1.29 is 4.79 Å². The topological polar surface area (TPSA) is 72.4 Å². The standard InChI is InChI=1S/C11H16N4O/c12-11(16)14-13-7-9-5-6-15(8-9)10-3-1-2-4-10/h5-8,10H,1-4H2,(H3,12,14,16)/b13-7-. The van der Waals surface area contributed by atoms with E-state index in [1.807, 2.05) is 12.3 Å². The van der Waals surface area contributed by atoms with Crippen molar-refractivity contribution in [3.8, 4) is 0 Å². The number of nitrogens with zero attached hydrogens (tertiary/aromatic N) is 2. The van der Waals surface area contributed by atoms with E-state index < -0.39 is 6.03 Å². The highest BCUT2D eigenvalue weighted by Crippen LogP contribution is 2.29. The fraction of sp³-hybridized carbons (Fsp3) is 0.455. The molecule has 0 aromatic carbocycles. The van der Waals surface area contributed by atoms with Crippen LogP contribution in [0.25, 0.3) is 0 Å². The Morgan fingerprint density at radius 1 is 1.56 bits per heavy atom. The van der Waals surface area contributed by atoms with Crippen molar-refractivity contribution in [1.82, 2.24) is 9.99 Å². The second-order valence-corrected chi connectivity index (χ2v) is 4.06. The van der Waals surface area contributed by atoms with Crippen molar-refractivity contribution >= 4 is 12.2 Å². The van der Waals surface area contributed by atoms with E-state index in [4.69, 9.17) is 5.73 Å². The van der Waals surface area contributed by atoms with Crippen molar-refractivity contribution in [2.24, 2.45) is 10.8 Å². The van der Waals surface area contributed by atoms with Gasteiger partial charge in [-0.25, -0.2) is 10.2 Å². The number of hydrazone groups is 1. The second kappa shape index (κ2) is 4.83. The van der Waals surface area contributed by atoms with Crippen molar-refractivity contribution in [2.75, 3.05) is 0 Å². The maximum Gasteiger partial charge on any atom is 0.332 e. The SMILES string of the molecule is NC(=O)N/N=C\c1ccn(C2CCCC2)c1. The molecule has 16 heavy (non-hydrogen) atoms. The normalized spacial score (nSPS) is 17.0. The highest BCUT2D eigenvalue weighted by Gasteiger charge is 2.15. The quantitative estimate of drug-likeness (QED) is 0.589. The Morgan fingerprint density at radius 2 is 2.31 bits per heavy atom. The van der Waals surface area contributed by atoms with Crippen LogP contribution in [0.15, 0.2) is 23.6 Å². The molecule has 1 heterocycles. The zero-order valence-corrected chi connectivity index (χ0v) is 9.10. The molecule has 1 aliphatic rings. The molecular weight excluding hydrogens is 204 g/mol. The summed E-state index contributed by atoms with van der Waals surface area (Å²) in [5, 5.41) is 3.72. The van der Waals surface area contributed by atoms with E-state index >= 15 is 0 Å². The fourth-order valence-corrected chi connectivity index (χ4v) is 2.11. The maximum atomic E-state index is 10.4. The van der Waals surface area contributed by atoms with Gasteiger partial charge < -0.3 is 10.3 Å². The van der Waals surface area contributed by atoms with Crippen LogP contribution in [0.1, 0.15) is 37.3 Å². The number of nitrogens with one attached hydrogen (secondary N) is 1. The minimum Gasteiger partial charge on any atom is -0.351 e. The van der Waals surface area contributed by atoms with Gasteiger partial charge in [-0.05, 0) is 18.9 Å². The third-order valence-electron chi connectivity index (χ3n) is 2.87. The Labute approximate surface area is 94.3 Å². The van der Waals surface area contributed by atoms with Crippen molar-refractivity contribution in [2.45, 2.75) is 31.7 Å². The molecule has 0 spiro atoms. The van der Waals surface area contributed by atoms with Crippen LogP contribution in [0.2, 0.25) is 0 Å². The van der Waals surface area contributed by atoms with Gasteiger partial charge in [-0.1, -0.05) is 12.8 Å². The van der Waals surface area contributed by atoms with Crippen molar-refractivity contribution in [1.29, 1.82) is 0 Å². The number of aromatic nitrogens is 1. The van der Waals surface area contributed by atoms with E-state index in [9.17, 15) is 4.79 Å². The predicted molar refractivity (Wildman–Crippen MR) is 62.3 cm³/mol. The molecule has 1 aromatic heterocycles. The van der Waals surface area contributed by atoms with Gasteiger partial charge in [0.15, 0.2) is 0 Å². The average Bonchev–Trinajstić information content (AvgIpc) is 2.85. The molecule has 1 saturated carbocycles. The Morgan fingerprint density at radius 3 is 3.00 bits per heavy atom. The Kier molecular flexibility index (Phi) is 3.24. The number of hydrogen-bond acceptors (Lipinski definition) is 2. The van der Waals surface area contributed by atoms with E-state index in [-0.39, 0.29) is 0 Å². The van der Waals surface area contributed by atoms with Gasteiger partial charge in [0.25, 0.3) is 0 Å². The first-order valence-corrected chi connectivity index (χ1v) is 5.52. The zero-order chi connectivity index (χ0) is 11.4. The molecule has 86 valence electrons. The minimum atomic E-state index is -0.647. The summed E-state index contributed by atoms with van der Waals surface area (Å²) < 4.78 is 2.22. The Balaban J connectivity index is 1.96. The van der Waals surface area contributed by atoms with Crippen LogP contribution in [0, 0.1) is 0 Å². The monoisotopic (exact) mass is 220 g/mol. The highest BCUT2D eigenvalue weighted by molar-refractivity contribution is 5.81. The fourth-order valence-electron chi connectivity index (χ4n) is 2.11. The van der Waals surface area contributed by atoms with Gasteiger partial charge in [0.1, 0.15) is 0 Å². The summed E-state index contributed by atoms with van der Waals surface area (Å²) in [7, 11) is 0. The number of amides is 2. The summed E-state index contributed by atoms with van der Waals surface area (Å²) in [5.41, 5.74) is 8.04. The number of primary amides is 1. The van der Waals surface area contributed by atoms with Crippen molar-refractivity contribution in [3.63, 3.8) is 0 Å². The average molecular weight is 220 g/mol. The van der Waals surface area contributed by atoms with Gasteiger partial charge in [0.2, 0.25) is 0 Å². The maximum absolute atomic E-state index is 10.4. The molecule has 5 nitrogen and oxygen atoms in total. The summed E-state index contributed by atoms with van der Waals surface area (Å²) in [6, 6.07) is 1.96. The van der Waals surface area contributed by atoms with Crippen LogP contribution in [-0.2, 0) is 0 Å². The molecule has 0 radical (unpaired) electrons. The summed E-state index contributed by atoms with van der Waals surface area (Å²) in [5.74, 6) is 0. The van der Waals surface area contributed by atoms with Crippen LogP contribution < -0.4 is 11.2 Å². The first kappa shape index (κ1) is 10.7. The summed E-state index contributed by atoms with van der Waals surface area (Å²) >= 11 is 0. The molecule has 0 saturated heterocycles. The van der Waals surface area contributed by atoms with Gasteiger partial charge >= 0.3 is 6.03 Å². The van der Waals surface area contributed by atoms with E-state index in [1.165, 1.54) is 25.7 Å². The summed E-state index contributed by atoms with van der Waals surface area (Å²) in [6.07, 6.45) is 10.8. The van der Waals surface area contributed by atoms with Gasteiger partial charge in [0.05, 0.1) is 6.21 Å². The van der Waals surface area contributed by atoms with Crippen LogP contribution in [0.4, 0.5) is 4.79 Å². The number of carbonyl (C=O) groups is 1. The lowest BCUT2D eigenvalue weighted by Crippen LogP contribution is -2.24. The van der Waals surface area contributed by atoms with Crippen LogP contribution in [-0.4, -0.2) is 16.8 Å². The zero-order valence-electron chi connectivity index (χ0n) is 9.10. The molecule has 0 atom stereocenters. The van der Waals surface area contributed by atoms with E-state index in [0.717, 1.165) is 5.56 Å².